The van der Waals surface area contributed by atoms with E-state index in [2.05, 4.69) is 17.2 Å². The largest absolute Gasteiger partial charge is 0.349 e. The van der Waals surface area contributed by atoms with E-state index in [9.17, 15) is 4.79 Å². The summed E-state index contributed by atoms with van der Waals surface area (Å²) in [5, 5.41) is 3.39. The van der Waals surface area contributed by atoms with Crippen LogP contribution in [0.1, 0.15) is 36.3 Å². The number of carbonyl (C=O) groups excluding carboxylic acids is 1. The molecule has 5 heteroatoms. The zero-order valence-corrected chi connectivity index (χ0v) is 12.6. The maximum atomic E-state index is 12.0. The molecular weight excluding hydrogens is 268 g/mol. The molecule has 1 rings (SSSR count). The first-order chi connectivity index (χ1) is 8.54. The minimum absolute atomic E-state index is 0.147. The van der Waals surface area contributed by atoms with Gasteiger partial charge in [0.2, 0.25) is 0 Å². The molecule has 100 valence electrons. The van der Waals surface area contributed by atoms with Gasteiger partial charge < -0.3 is 5.32 Å². The summed E-state index contributed by atoms with van der Waals surface area (Å²) >= 11 is 7.90. The number of carbonyl (C=O) groups is 1. The van der Waals surface area contributed by atoms with Gasteiger partial charge >= 0.3 is 0 Å². The SMILES string of the molecule is CCSCCC(C)NC(=O)c1cnc(C)cc1Cl. The van der Waals surface area contributed by atoms with Crippen LogP contribution in [-0.4, -0.2) is 28.4 Å². The van der Waals surface area contributed by atoms with Crippen molar-refractivity contribution in [3.63, 3.8) is 0 Å². The molecule has 0 radical (unpaired) electrons. The van der Waals surface area contributed by atoms with Crippen LogP contribution in [0.5, 0.6) is 0 Å². The van der Waals surface area contributed by atoms with Crippen molar-refractivity contribution in [2.24, 2.45) is 0 Å². The Hall–Kier alpha value is -0.740. The molecule has 1 aromatic rings. The van der Waals surface area contributed by atoms with Gasteiger partial charge in [0.1, 0.15) is 0 Å². The van der Waals surface area contributed by atoms with E-state index in [1.165, 1.54) is 6.20 Å². The Bertz CT molecular complexity index is 412. The van der Waals surface area contributed by atoms with Crippen LogP contribution >= 0.6 is 23.4 Å². The number of halogens is 1. The van der Waals surface area contributed by atoms with Crippen LogP contribution in [0.25, 0.3) is 0 Å². The van der Waals surface area contributed by atoms with Crippen molar-refractivity contribution in [3.8, 4) is 0 Å². The first-order valence-electron chi connectivity index (χ1n) is 6.05. The molecule has 0 spiro atoms. The Morgan fingerprint density at radius 1 is 1.61 bits per heavy atom. The average Bonchev–Trinajstić information content (AvgIpc) is 2.28. The third-order valence-electron chi connectivity index (χ3n) is 2.51. The lowest BCUT2D eigenvalue weighted by Gasteiger charge is -2.14. The number of aryl methyl sites for hydroxylation is 1. The minimum Gasteiger partial charge on any atom is -0.349 e. The fraction of sp³-hybridized carbons (Fsp3) is 0.538. The summed E-state index contributed by atoms with van der Waals surface area (Å²) in [5.41, 5.74) is 1.25. The van der Waals surface area contributed by atoms with E-state index in [4.69, 9.17) is 11.6 Å². The third kappa shape index (κ3) is 4.86. The second-order valence-corrected chi connectivity index (χ2v) is 5.97. The topological polar surface area (TPSA) is 42.0 Å². The van der Waals surface area contributed by atoms with Gasteiger partial charge in [-0.15, -0.1) is 0 Å². The number of nitrogens with zero attached hydrogens (tertiary/aromatic N) is 1. The molecule has 0 saturated carbocycles. The van der Waals surface area contributed by atoms with Crippen LogP contribution in [0, 0.1) is 6.92 Å². The Kier molecular flexibility index (Phi) is 6.50. The Morgan fingerprint density at radius 2 is 2.33 bits per heavy atom. The van der Waals surface area contributed by atoms with Gasteiger partial charge in [-0.2, -0.15) is 11.8 Å². The highest BCUT2D eigenvalue weighted by molar-refractivity contribution is 7.99. The molecule has 1 aromatic heterocycles. The smallest absolute Gasteiger partial charge is 0.254 e. The molecule has 0 saturated heterocycles. The van der Waals surface area contributed by atoms with E-state index < -0.39 is 0 Å². The average molecular weight is 287 g/mol. The van der Waals surface area contributed by atoms with Crippen molar-refractivity contribution < 1.29 is 4.79 Å². The number of nitrogens with one attached hydrogen (secondary N) is 1. The normalized spacial score (nSPS) is 12.2. The second kappa shape index (κ2) is 7.64. The lowest BCUT2D eigenvalue weighted by Crippen LogP contribution is -2.33. The molecule has 0 aliphatic rings. The van der Waals surface area contributed by atoms with Crippen LogP contribution in [0.4, 0.5) is 0 Å². The molecule has 1 N–H and O–H groups in total. The van der Waals surface area contributed by atoms with Crippen molar-refractivity contribution in [3.05, 3.63) is 28.5 Å². The third-order valence-corrected chi connectivity index (χ3v) is 3.76. The van der Waals surface area contributed by atoms with Gasteiger partial charge in [0.25, 0.3) is 5.91 Å². The van der Waals surface area contributed by atoms with E-state index in [-0.39, 0.29) is 11.9 Å². The van der Waals surface area contributed by atoms with E-state index in [0.717, 1.165) is 23.6 Å². The van der Waals surface area contributed by atoms with Gasteiger partial charge in [0.05, 0.1) is 10.6 Å². The van der Waals surface area contributed by atoms with E-state index in [1.54, 1.807) is 6.07 Å². The Balaban J connectivity index is 2.54. The summed E-state index contributed by atoms with van der Waals surface area (Å²) < 4.78 is 0. The summed E-state index contributed by atoms with van der Waals surface area (Å²) in [6.45, 7) is 5.98. The van der Waals surface area contributed by atoms with Crippen LogP contribution in [0.15, 0.2) is 12.3 Å². The van der Waals surface area contributed by atoms with Gasteiger partial charge in [-0.25, -0.2) is 0 Å². The van der Waals surface area contributed by atoms with Crippen molar-refractivity contribution in [1.82, 2.24) is 10.3 Å². The number of thioether (sulfide) groups is 1. The summed E-state index contributed by atoms with van der Waals surface area (Å²) in [5.74, 6) is 2.01. The summed E-state index contributed by atoms with van der Waals surface area (Å²) in [6, 6.07) is 1.85. The molecular formula is C13H19ClN2OS. The lowest BCUT2D eigenvalue weighted by atomic mass is 10.2. The quantitative estimate of drug-likeness (QED) is 0.816. The number of hydrogen-bond acceptors (Lipinski definition) is 3. The molecule has 0 bridgehead atoms. The summed E-state index contributed by atoms with van der Waals surface area (Å²) in [4.78, 5) is 16.1. The first kappa shape index (κ1) is 15.3. The molecule has 0 aromatic carbocycles. The number of rotatable bonds is 6. The van der Waals surface area contributed by atoms with Gasteiger partial charge in [0.15, 0.2) is 0 Å². The molecule has 1 unspecified atom stereocenters. The van der Waals surface area contributed by atoms with Gasteiger partial charge in [-0.3, -0.25) is 9.78 Å². The molecule has 1 heterocycles. The molecule has 18 heavy (non-hydrogen) atoms. The molecule has 0 fully saturated rings. The second-order valence-electron chi connectivity index (χ2n) is 4.17. The lowest BCUT2D eigenvalue weighted by molar-refractivity contribution is 0.0939. The van der Waals surface area contributed by atoms with Crippen LogP contribution in [0.2, 0.25) is 5.02 Å². The fourth-order valence-electron chi connectivity index (χ4n) is 1.47. The number of hydrogen-bond donors (Lipinski definition) is 1. The van der Waals surface area contributed by atoms with Crippen LogP contribution < -0.4 is 5.32 Å². The molecule has 0 aliphatic heterocycles. The van der Waals surface area contributed by atoms with Gasteiger partial charge in [0, 0.05) is 17.9 Å². The van der Waals surface area contributed by atoms with E-state index in [1.807, 2.05) is 25.6 Å². The number of aromatic nitrogens is 1. The van der Waals surface area contributed by atoms with Crippen molar-refractivity contribution in [1.29, 1.82) is 0 Å². The molecule has 1 amide bonds. The highest BCUT2D eigenvalue weighted by atomic mass is 35.5. The monoisotopic (exact) mass is 286 g/mol. The zero-order chi connectivity index (χ0) is 13.5. The molecule has 1 atom stereocenters. The van der Waals surface area contributed by atoms with E-state index >= 15 is 0 Å². The number of pyridine rings is 1. The first-order valence-corrected chi connectivity index (χ1v) is 7.58. The summed E-state index contributed by atoms with van der Waals surface area (Å²) in [6.07, 6.45) is 2.49. The van der Waals surface area contributed by atoms with Crippen molar-refractivity contribution in [2.75, 3.05) is 11.5 Å². The Morgan fingerprint density at radius 3 is 2.94 bits per heavy atom. The maximum absolute atomic E-state index is 12.0. The van der Waals surface area contributed by atoms with Gasteiger partial charge in [-0.1, -0.05) is 18.5 Å². The maximum Gasteiger partial charge on any atom is 0.254 e. The van der Waals surface area contributed by atoms with Crippen molar-refractivity contribution in [2.45, 2.75) is 33.2 Å². The highest BCUT2D eigenvalue weighted by Gasteiger charge is 2.13. The highest BCUT2D eigenvalue weighted by Crippen LogP contribution is 2.16. The zero-order valence-electron chi connectivity index (χ0n) is 11.0. The fourth-order valence-corrected chi connectivity index (χ4v) is 2.57. The standard InChI is InChI=1S/C13H19ClN2OS/c1-4-18-6-5-9(2)16-13(17)11-8-15-10(3)7-12(11)14/h7-9H,4-6H2,1-3H3,(H,16,17). The summed E-state index contributed by atoms with van der Waals surface area (Å²) in [7, 11) is 0. The molecule has 0 aliphatic carbocycles. The predicted molar refractivity (Wildman–Crippen MR) is 78.5 cm³/mol. The van der Waals surface area contributed by atoms with Crippen LogP contribution in [-0.2, 0) is 0 Å². The van der Waals surface area contributed by atoms with Crippen LogP contribution in [0.3, 0.4) is 0 Å². The number of amides is 1. The van der Waals surface area contributed by atoms with E-state index in [0.29, 0.717) is 10.6 Å². The molecule has 3 nitrogen and oxygen atoms in total. The van der Waals surface area contributed by atoms with Gasteiger partial charge in [-0.05, 0) is 37.8 Å². The Labute approximate surface area is 118 Å². The minimum atomic E-state index is -0.151. The predicted octanol–water partition coefficient (Wildman–Crippen LogP) is 3.30. The van der Waals surface area contributed by atoms with Crippen molar-refractivity contribution >= 4 is 29.3 Å².